The highest BCUT2D eigenvalue weighted by molar-refractivity contribution is 7.13. The van der Waals surface area contributed by atoms with Crippen LogP contribution in [0.15, 0.2) is 29.9 Å². The number of carboxylic acids is 1. The molecule has 1 saturated carbocycles. The lowest BCUT2D eigenvalue weighted by Crippen LogP contribution is -2.46. The molecule has 136 valence electrons. The third kappa shape index (κ3) is 3.23. The van der Waals surface area contributed by atoms with Crippen LogP contribution in [0.25, 0.3) is 10.6 Å². The second-order valence-corrected chi connectivity index (χ2v) is 7.92. The van der Waals surface area contributed by atoms with Crippen molar-refractivity contribution < 1.29 is 14.7 Å². The molecule has 2 aromatic heterocycles. The number of hydrogen-bond donors (Lipinski definition) is 1. The summed E-state index contributed by atoms with van der Waals surface area (Å²) >= 11 is 1.48. The molecule has 2 aliphatic rings. The van der Waals surface area contributed by atoms with E-state index < -0.39 is 12.0 Å². The van der Waals surface area contributed by atoms with Crippen LogP contribution in [0.5, 0.6) is 0 Å². The zero-order chi connectivity index (χ0) is 18.1. The summed E-state index contributed by atoms with van der Waals surface area (Å²) in [5, 5.41) is 12.3. The molecule has 1 amide bonds. The third-order valence-corrected chi connectivity index (χ3v) is 6.39. The largest absolute Gasteiger partial charge is 0.480 e. The Kier molecular flexibility index (Phi) is 4.72. The van der Waals surface area contributed by atoms with Gasteiger partial charge in [0.25, 0.3) is 0 Å². The van der Waals surface area contributed by atoms with Gasteiger partial charge in [-0.15, -0.1) is 11.3 Å². The zero-order valence-electron chi connectivity index (χ0n) is 14.4. The topological polar surface area (TPSA) is 83.4 Å². The average Bonchev–Trinajstić information content (AvgIpc) is 3.27. The fourth-order valence-corrected chi connectivity index (χ4v) is 5.11. The van der Waals surface area contributed by atoms with E-state index in [1.807, 2.05) is 17.5 Å². The first-order valence-corrected chi connectivity index (χ1v) is 9.90. The molecule has 2 aromatic rings. The van der Waals surface area contributed by atoms with Crippen LogP contribution in [-0.2, 0) is 16.0 Å². The van der Waals surface area contributed by atoms with Gasteiger partial charge in [0, 0.05) is 29.4 Å². The summed E-state index contributed by atoms with van der Waals surface area (Å²) < 4.78 is 0. The minimum absolute atomic E-state index is 0.0776. The Morgan fingerprint density at radius 3 is 2.92 bits per heavy atom. The summed E-state index contributed by atoms with van der Waals surface area (Å²) in [5.74, 6) is -0.674. The molecule has 6 nitrogen and oxygen atoms in total. The molecule has 1 aliphatic carbocycles. The lowest BCUT2D eigenvalue weighted by atomic mass is 9.84. The van der Waals surface area contributed by atoms with Crippen molar-refractivity contribution >= 4 is 23.2 Å². The normalized spacial score (nSPS) is 25.1. The maximum Gasteiger partial charge on any atom is 0.326 e. The highest BCUT2D eigenvalue weighted by Crippen LogP contribution is 2.40. The Hall–Kier alpha value is -2.28. The van der Waals surface area contributed by atoms with Gasteiger partial charge in [0.05, 0.1) is 12.1 Å². The number of fused-ring (bicyclic) bond motifs is 1. The van der Waals surface area contributed by atoms with E-state index in [0.717, 1.165) is 36.3 Å². The molecular weight excluding hydrogens is 350 g/mol. The van der Waals surface area contributed by atoms with Gasteiger partial charge >= 0.3 is 5.97 Å². The van der Waals surface area contributed by atoms with E-state index in [9.17, 15) is 14.7 Å². The fraction of sp³-hybridized carbons (Fsp3) is 0.474. The average molecular weight is 371 g/mol. The van der Waals surface area contributed by atoms with Crippen LogP contribution in [0.2, 0.25) is 0 Å². The molecule has 0 aromatic carbocycles. The van der Waals surface area contributed by atoms with Gasteiger partial charge in [0.15, 0.2) is 0 Å². The summed E-state index contributed by atoms with van der Waals surface area (Å²) in [7, 11) is 0. The molecule has 2 fully saturated rings. The molecule has 3 unspecified atom stereocenters. The highest BCUT2D eigenvalue weighted by atomic mass is 32.1. The predicted octanol–water partition coefficient (Wildman–Crippen LogP) is 2.99. The van der Waals surface area contributed by atoms with Gasteiger partial charge in [-0.05, 0) is 37.3 Å². The van der Waals surface area contributed by atoms with Crippen LogP contribution in [0.4, 0.5) is 0 Å². The molecule has 3 atom stereocenters. The number of thiazole rings is 1. The van der Waals surface area contributed by atoms with Gasteiger partial charge in [-0.1, -0.05) is 12.8 Å². The van der Waals surface area contributed by atoms with E-state index in [1.165, 1.54) is 11.3 Å². The summed E-state index contributed by atoms with van der Waals surface area (Å²) in [4.78, 5) is 34.9. The van der Waals surface area contributed by atoms with Crippen LogP contribution in [0.3, 0.4) is 0 Å². The molecule has 3 heterocycles. The summed E-state index contributed by atoms with van der Waals surface area (Å²) in [5.41, 5.74) is 1.62. The fourth-order valence-electron chi connectivity index (χ4n) is 4.30. The molecule has 0 bridgehead atoms. The first-order valence-electron chi connectivity index (χ1n) is 9.02. The Balaban J connectivity index is 1.52. The minimum atomic E-state index is -0.887. The standard InChI is InChI=1S/C19H21N3O3S/c23-17(9-14-11-26-18(21-14)13-5-3-7-20-10-13)22-15-6-2-1-4-12(15)8-16(22)19(24)25/h3,5,7,10-12,15-16H,1-2,4,6,8-9H2,(H,24,25). The molecule has 7 heteroatoms. The van der Waals surface area contributed by atoms with E-state index in [1.54, 1.807) is 17.3 Å². The zero-order valence-corrected chi connectivity index (χ0v) is 15.2. The number of aliphatic carboxylic acids is 1. The molecule has 0 spiro atoms. The number of aromatic nitrogens is 2. The quantitative estimate of drug-likeness (QED) is 0.893. The second-order valence-electron chi connectivity index (χ2n) is 7.07. The lowest BCUT2D eigenvalue weighted by Gasteiger charge is -2.32. The van der Waals surface area contributed by atoms with E-state index in [2.05, 4.69) is 9.97 Å². The van der Waals surface area contributed by atoms with E-state index in [-0.39, 0.29) is 18.4 Å². The van der Waals surface area contributed by atoms with Crippen molar-refractivity contribution in [1.29, 1.82) is 0 Å². The molecular formula is C19H21N3O3S. The van der Waals surface area contributed by atoms with Crippen LogP contribution in [0, 0.1) is 5.92 Å². The van der Waals surface area contributed by atoms with Gasteiger partial charge in [0.1, 0.15) is 11.0 Å². The smallest absolute Gasteiger partial charge is 0.326 e. The first-order chi connectivity index (χ1) is 12.6. The van der Waals surface area contributed by atoms with Crippen molar-refractivity contribution in [1.82, 2.24) is 14.9 Å². The number of amides is 1. The Morgan fingerprint density at radius 2 is 2.15 bits per heavy atom. The number of carbonyl (C=O) groups is 2. The number of pyridine rings is 1. The lowest BCUT2D eigenvalue weighted by molar-refractivity contribution is -0.149. The summed E-state index contributed by atoms with van der Waals surface area (Å²) in [6, 6.07) is 3.18. The number of likely N-dealkylation sites (tertiary alicyclic amines) is 1. The van der Waals surface area contributed by atoms with Crippen LogP contribution >= 0.6 is 11.3 Å². The number of nitrogens with zero attached hydrogens (tertiary/aromatic N) is 3. The van der Waals surface area contributed by atoms with Crippen LogP contribution in [0.1, 0.15) is 37.8 Å². The Labute approximate surface area is 155 Å². The van der Waals surface area contributed by atoms with E-state index in [4.69, 9.17) is 0 Å². The van der Waals surface area contributed by atoms with Gasteiger partial charge in [-0.25, -0.2) is 9.78 Å². The first kappa shape index (κ1) is 17.1. The van der Waals surface area contributed by atoms with Gasteiger partial charge in [-0.2, -0.15) is 0 Å². The van der Waals surface area contributed by atoms with Crippen molar-refractivity contribution in [3.63, 3.8) is 0 Å². The molecule has 26 heavy (non-hydrogen) atoms. The molecule has 1 N–H and O–H groups in total. The van der Waals surface area contributed by atoms with Crippen molar-refractivity contribution in [3.8, 4) is 10.6 Å². The maximum atomic E-state index is 12.9. The van der Waals surface area contributed by atoms with E-state index in [0.29, 0.717) is 18.0 Å². The maximum absolute atomic E-state index is 12.9. The van der Waals surface area contributed by atoms with Crippen LogP contribution < -0.4 is 0 Å². The van der Waals surface area contributed by atoms with Crippen LogP contribution in [-0.4, -0.2) is 43.9 Å². The van der Waals surface area contributed by atoms with Crippen molar-refractivity contribution in [2.45, 2.75) is 50.6 Å². The monoisotopic (exact) mass is 371 g/mol. The number of rotatable bonds is 4. The van der Waals surface area contributed by atoms with Crippen molar-refractivity contribution in [2.24, 2.45) is 5.92 Å². The minimum Gasteiger partial charge on any atom is -0.480 e. The molecule has 4 rings (SSSR count). The van der Waals surface area contributed by atoms with E-state index >= 15 is 0 Å². The SMILES string of the molecule is O=C(O)C1CC2CCCCC2N1C(=O)Cc1csc(-c2cccnc2)n1. The second kappa shape index (κ2) is 7.15. The summed E-state index contributed by atoms with van der Waals surface area (Å²) in [6.45, 7) is 0. The number of carbonyl (C=O) groups excluding carboxylic acids is 1. The Morgan fingerprint density at radius 1 is 1.31 bits per heavy atom. The van der Waals surface area contributed by atoms with Gasteiger partial charge in [-0.3, -0.25) is 9.78 Å². The Bertz CT molecular complexity index is 807. The number of carboxylic acid groups (broad SMARTS) is 1. The molecule has 0 radical (unpaired) electrons. The predicted molar refractivity (Wildman–Crippen MR) is 97.7 cm³/mol. The highest BCUT2D eigenvalue weighted by Gasteiger charge is 2.47. The molecule has 1 saturated heterocycles. The van der Waals surface area contributed by atoms with Crippen molar-refractivity contribution in [2.75, 3.05) is 0 Å². The number of hydrogen-bond acceptors (Lipinski definition) is 5. The third-order valence-electron chi connectivity index (χ3n) is 5.45. The summed E-state index contributed by atoms with van der Waals surface area (Å²) in [6.07, 6.45) is 8.35. The van der Waals surface area contributed by atoms with Gasteiger partial charge in [0.2, 0.25) is 5.91 Å². The molecule has 1 aliphatic heterocycles. The van der Waals surface area contributed by atoms with Crippen molar-refractivity contribution in [3.05, 3.63) is 35.6 Å². The van der Waals surface area contributed by atoms with Gasteiger partial charge < -0.3 is 10.0 Å².